The van der Waals surface area contributed by atoms with Gasteiger partial charge in [-0.1, -0.05) is 18.2 Å². The number of para-hydroxylation sites is 1. The molecule has 0 radical (unpaired) electrons. The van der Waals surface area contributed by atoms with Crippen molar-refractivity contribution in [2.75, 3.05) is 19.0 Å². The molecule has 1 aromatic carbocycles. The molecule has 4 heteroatoms. The van der Waals surface area contributed by atoms with Crippen molar-refractivity contribution in [3.63, 3.8) is 0 Å². The number of anilines is 1. The summed E-state index contributed by atoms with van der Waals surface area (Å²) in [6, 6.07) is 8.39. The number of nitrogens with one attached hydrogen (secondary N) is 1. The summed E-state index contributed by atoms with van der Waals surface area (Å²) in [7, 11) is 1.89. The van der Waals surface area contributed by atoms with Crippen molar-refractivity contribution in [1.29, 1.82) is 0 Å². The van der Waals surface area contributed by atoms with Gasteiger partial charge in [-0.2, -0.15) is 0 Å². The zero-order chi connectivity index (χ0) is 11.8. The number of nitrogens with zero attached hydrogens (tertiary/aromatic N) is 2. The summed E-state index contributed by atoms with van der Waals surface area (Å²) in [4.78, 5) is 4.44. The molecule has 1 aliphatic rings. The molecule has 0 bridgehead atoms. The second-order valence-electron chi connectivity index (χ2n) is 4.23. The van der Waals surface area contributed by atoms with E-state index in [4.69, 9.17) is 4.74 Å². The van der Waals surface area contributed by atoms with E-state index in [1.165, 1.54) is 5.56 Å². The first-order chi connectivity index (χ1) is 8.29. The van der Waals surface area contributed by atoms with E-state index in [1.54, 1.807) is 0 Å². The molecular formula is C13H15N3O. The average Bonchev–Trinajstić information content (AvgIpc) is 2.91. The monoisotopic (exact) mass is 229 g/mol. The fourth-order valence-corrected chi connectivity index (χ4v) is 2.31. The molecule has 0 amide bonds. The smallest absolute Gasteiger partial charge is 0.203 e. The summed E-state index contributed by atoms with van der Waals surface area (Å²) in [6.45, 7) is 2.67. The lowest BCUT2D eigenvalue weighted by Crippen LogP contribution is -2.13. The Hall–Kier alpha value is -1.97. The number of ether oxygens (including phenoxy) is 1. The van der Waals surface area contributed by atoms with Crippen LogP contribution in [0.15, 0.2) is 30.5 Å². The zero-order valence-corrected chi connectivity index (χ0v) is 9.97. The Kier molecular flexibility index (Phi) is 2.28. The van der Waals surface area contributed by atoms with Crippen molar-refractivity contribution >= 4 is 5.95 Å². The second-order valence-corrected chi connectivity index (χ2v) is 4.23. The number of benzene rings is 1. The van der Waals surface area contributed by atoms with E-state index in [9.17, 15) is 0 Å². The van der Waals surface area contributed by atoms with Crippen molar-refractivity contribution in [2.45, 2.75) is 13.0 Å². The van der Waals surface area contributed by atoms with E-state index >= 15 is 0 Å². The van der Waals surface area contributed by atoms with E-state index in [2.05, 4.69) is 27.1 Å². The van der Waals surface area contributed by atoms with Crippen LogP contribution in [-0.2, 0) is 0 Å². The third-order valence-electron chi connectivity index (χ3n) is 3.09. The van der Waals surface area contributed by atoms with E-state index < -0.39 is 0 Å². The molecule has 1 atom stereocenters. The number of fused-ring (bicyclic) bond motifs is 1. The SMILES string of the molecule is CNc1nc(C)cn1C1COc2ccccc21. The minimum Gasteiger partial charge on any atom is -0.491 e. The van der Waals surface area contributed by atoms with E-state index in [0.29, 0.717) is 6.61 Å². The first kappa shape index (κ1) is 10.2. The number of imidazole rings is 1. The molecule has 0 spiro atoms. The van der Waals surface area contributed by atoms with Gasteiger partial charge in [0.25, 0.3) is 0 Å². The molecule has 1 aliphatic heterocycles. The first-order valence-corrected chi connectivity index (χ1v) is 5.74. The lowest BCUT2D eigenvalue weighted by Gasteiger charge is -2.13. The molecule has 0 saturated heterocycles. The minimum atomic E-state index is 0.217. The standard InChI is InChI=1S/C13H15N3O/c1-9-7-16(13(14-2)15-9)11-8-17-12-6-4-3-5-10(11)12/h3-7,11H,8H2,1-2H3,(H,14,15). The van der Waals surface area contributed by atoms with Crippen molar-refractivity contribution in [3.05, 3.63) is 41.7 Å². The van der Waals surface area contributed by atoms with Gasteiger partial charge in [-0.25, -0.2) is 4.98 Å². The van der Waals surface area contributed by atoms with Gasteiger partial charge in [0.05, 0.1) is 11.7 Å². The van der Waals surface area contributed by atoms with Gasteiger partial charge < -0.3 is 14.6 Å². The lowest BCUT2D eigenvalue weighted by molar-refractivity contribution is 0.317. The van der Waals surface area contributed by atoms with Crippen molar-refractivity contribution in [2.24, 2.45) is 0 Å². The van der Waals surface area contributed by atoms with Gasteiger partial charge in [0.2, 0.25) is 5.95 Å². The zero-order valence-electron chi connectivity index (χ0n) is 9.97. The van der Waals surface area contributed by atoms with Crippen LogP contribution in [0.4, 0.5) is 5.95 Å². The molecule has 1 N–H and O–H groups in total. The Morgan fingerprint density at radius 1 is 1.41 bits per heavy atom. The van der Waals surface area contributed by atoms with Gasteiger partial charge in [-0.15, -0.1) is 0 Å². The quantitative estimate of drug-likeness (QED) is 0.858. The molecule has 0 fully saturated rings. The van der Waals surface area contributed by atoms with E-state index in [0.717, 1.165) is 17.4 Å². The van der Waals surface area contributed by atoms with E-state index in [-0.39, 0.29) is 6.04 Å². The van der Waals surface area contributed by atoms with Crippen LogP contribution in [0.2, 0.25) is 0 Å². The number of hydrogen-bond donors (Lipinski definition) is 1. The maximum Gasteiger partial charge on any atom is 0.203 e. The van der Waals surface area contributed by atoms with Crippen molar-refractivity contribution in [1.82, 2.24) is 9.55 Å². The second kappa shape index (κ2) is 3.80. The van der Waals surface area contributed by atoms with Gasteiger partial charge in [0, 0.05) is 18.8 Å². The maximum absolute atomic E-state index is 5.70. The Morgan fingerprint density at radius 2 is 2.24 bits per heavy atom. The van der Waals surface area contributed by atoms with Gasteiger partial charge >= 0.3 is 0 Å². The Bertz CT molecular complexity index is 547. The molecule has 1 unspecified atom stereocenters. The normalized spacial score (nSPS) is 17.6. The number of rotatable bonds is 2. The minimum absolute atomic E-state index is 0.217. The third kappa shape index (κ3) is 1.56. The van der Waals surface area contributed by atoms with Gasteiger partial charge in [-0.05, 0) is 13.0 Å². The highest BCUT2D eigenvalue weighted by molar-refractivity contribution is 5.42. The van der Waals surface area contributed by atoms with Crippen LogP contribution >= 0.6 is 0 Å². The molecule has 4 nitrogen and oxygen atoms in total. The molecule has 1 aromatic heterocycles. The van der Waals surface area contributed by atoms with Crippen LogP contribution in [-0.4, -0.2) is 23.2 Å². The van der Waals surface area contributed by atoms with Crippen LogP contribution in [0.3, 0.4) is 0 Å². The predicted octanol–water partition coefficient (Wildman–Crippen LogP) is 2.22. The van der Waals surface area contributed by atoms with Gasteiger partial charge in [0.15, 0.2) is 0 Å². The van der Waals surface area contributed by atoms with E-state index in [1.807, 2.05) is 32.2 Å². The molecule has 3 rings (SSSR count). The highest BCUT2D eigenvalue weighted by Gasteiger charge is 2.26. The fraction of sp³-hybridized carbons (Fsp3) is 0.308. The summed E-state index contributed by atoms with van der Waals surface area (Å²) in [5, 5.41) is 3.12. The maximum atomic E-state index is 5.70. The molecule has 0 aliphatic carbocycles. The number of hydrogen-bond acceptors (Lipinski definition) is 3. The van der Waals surface area contributed by atoms with Crippen molar-refractivity contribution < 1.29 is 4.74 Å². The highest BCUT2D eigenvalue weighted by Crippen LogP contribution is 2.35. The lowest BCUT2D eigenvalue weighted by atomic mass is 10.1. The summed E-state index contributed by atoms with van der Waals surface area (Å²) < 4.78 is 7.84. The topological polar surface area (TPSA) is 39.1 Å². The van der Waals surface area contributed by atoms with Crippen LogP contribution < -0.4 is 10.1 Å². The Labute approximate surface area is 100 Å². The van der Waals surface area contributed by atoms with Gasteiger partial charge in [-0.3, -0.25) is 0 Å². The predicted molar refractivity (Wildman–Crippen MR) is 66.6 cm³/mol. The van der Waals surface area contributed by atoms with Crippen LogP contribution in [0.5, 0.6) is 5.75 Å². The third-order valence-corrected chi connectivity index (χ3v) is 3.09. The molecular weight excluding hydrogens is 214 g/mol. The Balaban J connectivity index is 2.06. The van der Waals surface area contributed by atoms with Crippen LogP contribution in [0.1, 0.15) is 17.3 Å². The van der Waals surface area contributed by atoms with Crippen LogP contribution in [0, 0.1) is 6.92 Å². The molecule has 2 aromatic rings. The summed E-state index contributed by atoms with van der Waals surface area (Å²) in [5.41, 5.74) is 2.24. The average molecular weight is 229 g/mol. The van der Waals surface area contributed by atoms with Crippen molar-refractivity contribution in [3.8, 4) is 5.75 Å². The highest BCUT2D eigenvalue weighted by atomic mass is 16.5. The molecule has 2 heterocycles. The molecule has 88 valence electrons. The summed E-state index contributed by atoms with van der Waals surface area (Å²) >= 11 is 0. The first-order valence-electron chi connectivity index (χ1n) is 5.74. The summed E-state index contributed by atoms with van der Waals surface area (Å²) in [6.07, 6.45) is 2.06. The van der Waals surface area contributed by atoms with Crippen LogP contribution in [0.25, 0.3) is 0 Å². The largest absolute Gasteiger partial charge is 0.491 e. The van der Waals surface area contributed by atoms with Gasteiger partial charge in [0.1, 0.15) is 12.4 Å². The number of aryl methyl sites for hydroxylation is 1. The molecule has 0 saturated carbocycles. The Morgan fingerprint density at radius 3 is 3.06 bits per heavy atom. The summed E-state index contributed by atoms with van der Waals surface area (Å²) in [5.74, 6) is 1.86. The molecule has 17 heavy (non-hydrogen) atoms. The number of aromatic nitrogens is 2. The fourth-order valence-electron chi connectivity index (χ4n) is 2.31.